The average molecular weight is 302 g/mol. The molecule has 0 amide bonds. The van der Waals surface area contributed by atoms with Crippen molar-refractivity contribution in [1.82, 2.24) is 19.9 Å². The summed E-state index contributed by atoms with van der Waals surface area (Å²) in [5.74, 6) is -0.386. The van der Waals surface area contributed by atoms with Gasteiger partial charge in [0.1, 0.15) is 0 Å². The van der Waals surface area contributed by atoms with Gasteiger partial charge in [0, 0.05) is 5.75 Å². The molecule has 8 heteroatoms. The molecule has 0 saturated carbocycles. The van der Waals surface area contributed by atoms with Gasteiger partial charge in [-0.15, -0.1) is 0 Å². The van der Waals surface area contributed by atoms with Crippen LogP contribution in [-0.2, 0) is 5.75 Å². The number of H-pyrrole nitrogens is 2. The Kier molecular flexibility index (Phi) is 3.44. The minimum atomic E-state index is -0.954. The third-order valence-corrected chi connectivity index (χ3v) is 3.80. The number of fused-ring (bicyclic) bond motifs is 1. The molecule has 3 N–H and O–H groups in total. The molecule has 3 aromatic rings. The molecule has 7 nitrogen and oxygen atoms in total. The first-order valence-corrected chi connectivity index (χ1v) is 7.00. The Bertz CT molecular complexity index is 854. The summed E-state index contributed by atoms with van der Waals surface area (Å²) < 4.78 is 0. The first-order valence-electron chi connectivity index (χ1n) is 6.02. The van der Waals surface area contributed by atoms with Crippen molar-refractivity contribution in [2.24, 2.45) is 0 Å². The fraction of sp³-hybridized carbons (Fsp3) is 0.0769. The zero-order valence-electron chi connectivity index (χ0n) is 10.7. The molecule has 0 saturated heterocycles. The van der Waals surface area contributed by atoms with Crippen LogP contribution in [-0.4, -0.2) is 31.0 Å². The van der Waals surface area contributed by atoms with Gasteiger partial charge in [0.05, 0.1) is 11.9 Å². The van der Waals surface area contributed by atoms with Gasteiger partial charge in [0.15, 0.2) is 16.3 Å². The molecule has 0 spiro atoms. The molecule has 2 heterocycles. The number of aromatic carboxylic acids is 1. The number of nitrogens with one attached hydrogen (secondary N) is 2. The van der Waals surface area contributed by atoms with Gasteiger partial charge in [-0.1, -0.05) is 23.9 Å². The lowest BCUT2D eigenvalue weighted by atomic mass is 10.1. The molecule has 106 valence electrons. The Hall–Kier alpha value is -2.61. The van der Waals surface area contributed by atoms with E-state index >= 15 is 0 Å². The number of thioether (sulfide) groups is 1. The van der Waals surface area contributed by atoms with Crippen LogP contribution in [0.15, 0.2) is 40.5 Å². The van der Waals surface area contributed by atoms with E-state index in [9.17, 15) is 9.59 Å². The van der Waals surface area contributed by atoms with Gasteiger partial charge in [-0.25, -0.2) is 14.8 Å². The summed E-state index contributed by atoms with van der Waals surface area (Å²) in [6, 6.07) is 6.57. The average Bonchev–Trinajstić information content (AvgIpc) is 2.94. The van der Waals surface area contributed by atoms with Crippen molar-refractivity contribution in [1.29, 1.82) is 0 Å². The van der Waals surface area contributed by atoms with Crippen LogP contribution in [0, 0.1) is 0 Å². The van der Waals surface area contributed by atoms with Gasteiger partial charge in [0.2, 0.25) is 0 Å². The number of benzene rings is 1. The summed E-state index contributed by atoms with van der Waals surface area (Å²) in [6.45, 7) is 0. The lowest BCUT2D eigenvalue weighted by molar-refractivity contribution is 0.0697. The number of imidazole rings is 1. The zero-order valence-corrected chi connectivity index (χ0v) is 11.5. The number of nitrogens with zero attached hydrogens (tertiary/aromatic N) is 2. The largest absolute Gasteiger partial charge is 0.478 e. The molecule has 0 fully saturated rings. The molecular weight excluding hydrogens is 292 g/mol. The van der Waals surface area contributed by atoms with Crippen molar-refractivity contribution in [2.45, 2.75) is 10.9 Å². The Morgan fingerprint density at radius 3 is 2.76 bits per heavy atom. The minimum absolute atomic E-state index is 0.244. The summed E-state index contributed by atoms with van der Waals surface area (Å²) in [4.78, 5) is 36.1. The van der Waals surface area contributed by atoms with Crippen LogP contribution in [0.3, 0.4) is 0 Å². The van der Waals surface area contributed by atoms with Crippen molar-refractivity contribution in [3.05, 3.63) is 52.1 Å². The van der Waals surface area contributed by atoms with Crippen LogP contribution in [0.1, 0.15) is 15.9 Å². The molecule has 0 bridgehead atoms. The van der Waals surface area contributed by atoms with E-state index in [4.69, 9.17) is 5.11 Å². The highest BCUT2D eigenvalue weighted by atomic mass is 32.2. The topological polar surface area (TPSA) is 112 Å². The maximum Gasteiger partial charge on any atom is 0.335 e. The van der Waals surface area contributed by atoms with Crippen LogP contribution in [0.4, 0.5) is 0 Å². The van der Waals surface area contributed by atoms with Crippen molar-refractivity contribution < 1.29 is 9.90 Å². The second-order valence-corrected chi connectivity index (χ2v) is 5.23. The van der Waals surface area contributed by atoms with Crippen LogP contribution in [0.25, 0.3) is 11.2 Å². The van der Waals surface area contributed by atoms with E-state index < -0.39 is 5.97 Å². The van der Waals surface area contributed by atoms with Gasteiger partial charge in [-0.3, -0.25) is 9.78 Å². The number of aromatic nitrogens is 4. The molecular formula is C13H10N4O3S. The van der Waals surface area contributed by atoms with E-state index in [1.165, 1.54) is 18.1 Å². The van der Waals surface area contributed by atoms with Gasteiger partial charge < -0.3 is 10.1 Å². The molecule has 0 unspecified atom stereocenters. The third kappa shape index (κ3) is 2.79. The Balaban J connectivity index is 1.76. The second kappa shape index (κ2) is 5.41. The standard InChI is InChI=1S/C13H10N4O3S/c18-11-9-10(15-6-14-9)16-13(17-11)21-5-7-1-3-8(4-2-7)12(19)20/h1-4,6H,5H2,(H,19,20)(H2,14,15,16,17,18). The first kappa shape index (κ1) is 13.4. The number of carboxylic acid groups (broad SMARTS) is 1. The number of aromatic amines is 2. The Morgan fingerprint density at radius 1 is 1.29 bits per heavy atom. The molecule has 0 atom stereocenters. The SMILES string of the molecule is O=C(O)c1ccc(CSc2nc3nc[nH]c3c(=O)[nH]2)cc1. The van der Waals surface area contributed by atoms with E-state index in [1.54, 1.807) is 24.3 Å². The lowest BCUT2D eigenvalue weighted by Crippen LogP contribution is -2.09. The van der Waals surface area contributed by atoms with E-state index in [-0.39, 0.29) is 11.1 Å². The van der Waals surface area contributed by atoms with E-state index in [0.717, 1.165) is 5.56 Å². The molecule has 21 heavy (non-hydrogen) atoms. The highest BCUT2D eigenvalue weighted by molar-refractivity contribution is 7.98. The van der Waals surface area contributed by atoms with Crippen LogP contribution in [0.2, 0.25) is 0 Å². The number of carbonyl (C=O) groups is 1. The fourth-order valence-electron chi connectivity index (χ4n) is 1.79. The molecule has 0 radical (unpaired) electrons. The van der Waals surface area contributed by atoms with Crippen molar-refractivity contribution >= 4 is 28.9 Å². The van der Waals surface area contributed by atoms with E-state index in [2.05, 4.69) is 19.9 Å². The lowest BCUT2D eigenvalue weighted by Gasteiger charge is -2.02. The van der Waals surface area contributed by atoms with Crippen molar-refractivity contribution in [2.75, 3.05) is 0 Å². The Labute approximate surface area is 122 Å². The molecule has 0 aliphatic carbocycles. The molecule has 0 aliphatic rings. The predicted octanol–water partition coefficient (Wildman–Crippen LogP) is 1.64. The number of rotatable bonds is 4. The molecule has 0 aliphatic heterocycles. The van der Waals surface area contributed by atoms with Crippen molar-refractivity contribution in [3.8, 4) is 0 Å². The number of hydrogen-bond donors (Lipinski definition) is 3. The smallest absolute Gasteiger partial charge is 0.335 e. The third-order valence-electron chi connectivity index (χ3n) is 2.85. The Morgan fingerprint density at radius 2 is 2.05 bits per heavy atom. The molecule has 1 aromatic carbocycles. The van der Waals surface area contributed by atoms with Gasteiger partial charge in [-0.05, 0) is 17.7 Å². The van der Waals surface area contributed by atoms with Gasteiger partial charge in [0.25, 0.3) is 5.56 Å². The zero-order chi connectivity index (χ0) is 14.8. The quantitative estimate of drug-likeness (QED) is 0.499. The first-order chi connectivity index (χ1) is 10.1. The summed E-state index contributed by atoms with van der Waals surface area (Å²) >= 11 is 1.35. The fourth-order valence-corrected chi connectivity index (χ4v) is 2.60. The van der Waals surface area contributed by atoms with Crippen LogP contribution >= 0.6 is 11.8 Å². The van der Waals surface area contributed by atoms with Crippen LogP contribution in [0.5, 0.6) is 0 Å². The normalized spacial score (nSPS) is 10.9. The van der Waals surface area contributed by atoms with Crippen molar-refractivity contribution in [3.63, 3.8) is 0 Å². The maximum absolute atomic E-state index is 11.7. The molecule has 2 aromatic heterocycles. The number of hydrogen-bond acceptors (Lipinski definition) is 5. The maximum atomic E-state index is 11.7. The molecule has 3 rings (SSSR count). The summed E-state index contributed by atoms with van der Waals surface area (Å²) in [5.41, 5.74) is 1.65. The highest BCUT2D eigenvalue weighted by Crippen LogP contribution is 2.19. The summed E-state index contributed by atoms with van der Waals surface area (Å²) in [7, 11) is 0. The van der Waals surface area contributed by atoms with E-state index in [0.29, 0.717) is 22.1 Å². The predicted molar refractivity (Wildman–Crippen MR) is 77.5 cm³/mol. The van der Waals surface area contributed by atoms with Crippen LogP contribution < -0.4 is 5.56 Å². The minimum Gasteiger partial charge on any atom is -0.478 e. The second-order valence-electron chi connectivity index (χ2n) is 4.26. The summed E-state index contributed by atoms with van der Waals surface area (Å²) in [6.07, 6.45) is 1.42. The number of carboxylic acids is 1. The van der Waals surface area contributed by atoms with E-state index in [1.807, 2.05) is 0 Å². The highest BCUT2D eigenvalue weighted by Gasteiger charge is 2.07. The van der Waals surface area contributed by atoms with Gasteiger partial charge in [-0.2, -0.15) is 0 Å². The monoisotopic (exact) mass is 302 g/mol. The van der Waals surface area contributed by atoms with Gasteiger partial charge >= 0.3 is 5.97 Å². The summed E-state index contributed by atoms with van der Waals surface area (Å²) in [5, 5.41) is 9.30.